The Morgan fingerprint density at radius 2 is 0.333 bits per heavy atom. The van der Waals surface area contributed by atoms with Crippen molar-refractivity contribution in [3.8, 4) is 0 Å². The topological polar surface area (TPSA) is 0 Å². The van der Waals surface area contributed by atoms with Crippen molar-refractivity contribution in [2.24, 2.45) is 0 Å². The molecule has 0 bridgehead atoms. The van der Waals surface area contributed by atoms with Crippen molar-refractivity contribution in [1.29, 1.82) is 0 Å². The van der Waals surface area contributed by atoms with Gasteiger partial charge >= 0.3 is 0 Å². The fourth-order valence-electron chi connectivity index (χ4n) is 21.2. The predicted molar refractivity (Wildman–Crippen MR) is 530 cm³/mol. The molecule has 0 radical (unpaired) electrons. The molecule has 0 aliphatic rings. The van der Waals surface area contributed by atoms with Gasteiger partial charge in [0.2, 0.25) is 0 Å². The maximum atomic E-state index is 2.39. The summed E-state index contributed by atoms with van der Waals surface area (Å²) in [7, 11) is 0. The molecule has 0 spiro atoms. The van der Waals surface area contributed by atoms with Crippen molar-refractivity contribution in [2.45, 2.75) is 80.1 Å². The molecule has 0 heterocycles. The summed E-state index contributed by atoms with van der Waals surface area (Å²) < 4.78 is 0. The van der Waals surface area contributed by atoms with E-state index in [4.69, 9.17) is 0 Å². The Morgan fingerprint density at radius 1 is 0.117 bits per heavy atom. The quantitative estimate of drug-likeness (QED) is 0.115. The number of rotatable bonds is 6. The Kier molecular flexibility index (Phi) is 17.8. The second-order valence-electron chi connectivity index (χ2n) is 33.1. The van der Waals surface area contributed by atoms with Crippen LogP contribution in [0.2, 0.25) is 0 Å². The summed E-state index contributed by atoms with van der Waals surface area (Å²) in [4.78, 5) is 0. The number of aryl methyl sites for hydroxylation is 6. The van der Waals surface area contributed by atoms with Crippen LogP contribution in [0.1, 0.15) is 74.9 Å². The third kappa shape index (κ3) is 11.6. The summed E-state index contributed by atoms with van der Waals surface area (Å²) in [6.45, 7) is 13.4. The highest BCUT2D eigenvalue weighted by Gasteiger charge is 2.20. The van der Waals surface area contributed by atoms with Crippen molar-refractivity contribution in [3.05, 3.63) is 397 Å². The van der Waals surface area contributed by atoms with Gasteiger partial charge < -0.3 is 0 Å². The standard InChI is InChI=1S/3C22H16.3C18H14/c1-2-14-12-13-16-8-4-10-18-17-9-3-6-15-7-5-11-19(20(15)17)21(14)22(16)18;1-2-14-12-16-8-5-10-18-17-9-3-6-15-7-4-11-19(21(15)17)20(13-14)22(16)18;1-2-14-12-13-20-18-10-4-7-15-6-3-9-17(21(15)18)19-11-5-8-16(14)22(19)20;1-2-12-11-15-7-3-5-13-9-10-14-6-4-8-16(12)18(14)17(13)15;1-2-12-10-15-8-6-13-4-3-5-14-7-9-16(11-12)18(15)17(13)14;1-2-12-6-7-15-9-8-13-4-3-5-14-10-11-16(12)18(15)17(13)14/h3*3-13H,2H2,1H3;3*3-11H,2H2,1H3. The van der Waals surface area contributed by atoms with Gasteiger partial charge in [-0.15, -0.1) is 0 Å². The van der Waals surface area contributed by atoms with Gasteiger partial charge in [0.25, 0.3) is 0 Å². The van der Waals surface area contributed by atoms with Gasteiger partial charge in [0.1, 0.15) is 0 Å². The zero-order chi connectivity index (χ0) is 80.4. The largest absolute Gasteiger partial charge is 0.0613 e. The van der Waals surface area contributed by atoms with Crippen LogP contribution in [0.3, 0.4) is 0 Å². The minimum absolute atomic E-state index is 1.07. The minimum atomic E-state index is 1.07. The Bertz CT molecular complexity index is 8360. The average Bonchev–Trinajstić information content (AvgIpc) is 0.721. The normalized spacial score (nSPS) is 11.9. The zero-order valence-electron chi connectivity index (χ0n) is 68.9. The van der Waals surface area contributed by atoms with Crippen LogP contribution < -0.4 is 0 Å². The summed E-state index contributed by atoms with van der Waals surface area (Å²) in [6, 6.07) is 134. The molecule has 0 saturated heterocycles. The first-order valence-electron chi connectivity index (χ1n) is 43.5. The molecule has 0 fully saturated rings. The maximum Gasteiger partial charge on any atom is -0.00236 e. The first-order chi connectivity index (χ1) is 59.3. The lowest BCUT2D eigenvalue weighted by molar-refractivity contribution is 1.15. The average molecular weight is 1530 g/mol. The second-order valence-corrected chi connectivity index (χ2v) is 33.1. The van der Waals surface area contributed by atoms with Gasteiger partial charge in [0.05, 0.1) is 0 Å². The number of benzene rings is 27. The van der Waals surface area contributed by atoms with Gasteiger partial charge in [-0.1, -0.05) is 406 Å². The van der Waals surface area contributed by atoms with E-state index < -0.39 is 0 Å². The first-order valence-corrected chi connectivity index (χ1v) is 43.5. The van der Waals surface area contributed by atoms with Crippen LogP contribution in [0.25, 0.3) is 226 Å². The van der Waals surface area contributed by atoms with Crippen LogP contribution in [-0.4, -0.2) is 0 Å². The van der Waals surface area contributed by atoms with Gasteiger partial charge in [0, 0.05) is 0 Å². The monoisotopic (exact) mass is 1530 g/mol. The van der Waals surface area contributed by atoms with Gasteiger partial charge in [-0.25, -0.2) is 0 Å². The molecule has 0 aliphatic heterocycles. The van der Waals surface area contributed by atoms with Crippen LogP contribution in [0.5, 0.6) is 0 Å². The molecule has 0 nitrogen and oxygen atoms in total. The maximum absolute atomic E-state index is 2.39. The van der Waals surface area contributed by atoms with Crippen molar-refractivity contribution in [3.63, 3.8) is 0 Å². The Balaban J connectivity index is 0.0000000867. The molecule has 0 unspecified atom stereocenters. The summed E-state index contributed by atoms with van der Waals surface area (Å²) in [5.41, 5.74) is 8.61. The van der Waals surface area contributed by atoms with Gasteiger partial charge in [-0.2, -0.15) is 0 Å². The van der Waals surface area contributed by atoms with Crippen LogP contribution in [-0.2, 0) is 38.5 Å². The highest BCUT2D eigenvalue weighted by atomic mass is 14.2. The molecule has 0 saturated carbocycles. The molecule has 0 amide bonds. The summed E-state index contributed by atoms with van der Waals surface area (Å²) in [5, 5.41) is 58.1. The number of hydrogen-bond donors (Lipinski definition) is 0. The molecule has 0 heteroatoms. The fourth-order valence-corrected chi connectivity index (χ4v) is 21.2. The summed E-state index contributed by atoms with van der Waals surface area (Å²) in [6.07, 6.45) is 6.49. The molecule has 0 N–H and O–H groups in total. The smallest absolute Gasteiger partial charge is 0.00236 e. The van der Waals surface area contributed by atoms with Crippen LogP contribution in [0, 0.1) is 0 Å². The molecule has 0 aliphatic carbocycles. The fraction of sp³-hybridized carbons (Fsp3) is 0.100. The van der Waals surface area contributed by atoms with E-state index in [-0.39, 0.29) is 0 Å². The third-order valence-corrected chi connectivity index (χ3v) is 26.8. The molecule has 120 heavy (non-hydrogen) atoms. The second kappa shape index (κ2) is 29.5. The van der Waals surface area contributed by atoms with Crippen LogP contribution in [0.15, 0.2) is 364 Å². The van der Waals surface area contributed by atoms with E-state index in [2.05, 4.69) is 406 Å². The van der Waals surface area contributed by atoms with E-state index in [0.717, 1.165) is 38.5 Å². The SMILES string of the molecule is CCc1cc2ccc3cccc4ccc(c1)c2c34.CCc1cc2cccc3c4cccc5cccc(c(c1)c23)c54.CCc1cc2cccc3ccc4cccc1c4c32.CCc1ccc2c3cccc4cccc(c5cccc1c52)c43.CCc1ccc2ccc3cccc4ccc1c2c34.CCc1ccc2cccc3c4cccc5cccc(c1c23)c54. The molecule has 27 rings (SSSR count). The highest BCUT2D eigenvalue weighted by molar-refractivity contribution is 6.37. The van der Waals surface area contributed by atoms with E-state index >= 15 is 0 Å². The van der Waals surface area contributed by atoms with E-state index in [1.165, 1.54) is 260 Å². The van der Waals surface area contributed by atoms with Crippen molar-refractivity contribution in [1.82, 2.24) is 0 Å². The van der Waals surface area contributed by atoms with E-state index in [1.54, 1.807) is 0 Å². The predicted octanol–water partition coefficient (Wildman–Crippen LogP) is 34.3. The van der Waals surface area contributed by atoms with E-state index in [9.17, 15) is 0 Å². The summed E-state index contributed by atoms with van der Waals surface area (Å²) in [5.74, 6) is 0. The van der Waals surface area contributed by atoms with E-state index in [1.807, 2.05) is 0 Å². The molecule has 0 aromatic heterocycles. The lowest BCUT2D eigenvalue weighted by Gasteiger charge is -2.16. The Morgan fingerprint density at radius 3 is 0.775 bits per heavy atom. The van der Waals surface area contributed by atoms with Crippen LogP contribution >= 0.6 is 0 Å². The number of hydrogen-bond acceptors (Lipinski definition) is 0. The lowest BCUT2D eigenvalue weighted by Crippen LogP contribution is -1.90. The molecule has 27 aromatic rings. The summed E-state index contributed by atoms with van der Waals surface area (Å²) >= 11 is 0. The molecule has 27 aromatic carbocycles. The zero-order valence-corrected chi connectivity index (χ0v) is 68.9. The molecule has 570 valence electrons. The van der Waals surface area contributed by atoms with Gasteiger partial charge in [-0.3, -0.25) is 0 Å². The Labute approximate surface area is 698 Å². The lowest BCUT2D eigenvalue weighted by atomic mass is 9.87. The number of fused-ring (bicyclic) bond motifs is 6. The third-order valence-electron chi connectivity index (χ3n) is 26.8. The minimum Gasteiger partial charge on any atom is -0.0613 e. The van der Waals surface area contributed by atoms with E-state index in [0.29, 0.717) is 0 Å². The first kappa shape index (κ1) is 72.4. The van der Waals surface area contributed by atoms with Gasteiger partial charge in [0.15, 0.2) is 0 Å². The van der Waals surface area contributed by atoms with Crippen LogP contribution in [0.4, 0.5) is 0 Å². The van der Waals surface area contributed by atoms with Crippen molar-refractivity contribution >= 4 is 226 Å². The van der Waals surface area contributed by atoms with Gasteiger partial charge in [-0.05, 0) is 298 Å². The molecule has 0 atom stereocenters. The highest BCUT2D eigenvalue weighted by Crippen LogP contribution is 2.47. The molecular weight excluding hydrogens is 1440 g/mol. The Hall–Kier alpha value is -14.0. The van der Waals surface area contributed by atoms with Crippen molar-refractivity contribution in [2.75, 3.05) is 0 Å². The molecular formula is C120H90. The van der Waals surface area contributed by atoms with Crippen molar-refractivity contribution < 1.29 is 0 Å².